The van der Waals surface area contributed by atoms with Crippen LogP contribution < -0.4 is 5.32 Å². The molecule has 0 fully saturated rings. The van der Waals surface area contributed by atoms with Crippen molar-refractivity contribution in [2.45, 2.75) is 26.8 Å². The van der Waals surface area contributed by atoms with Crippen molar-refractivity contribution in [2.24, 2.45) is 0 Å². The zero-order valence-corrected chi connectivity index (χ0v) is 14.4. The van der Waals surface area contributed by atoms with Crippen LogP contribution in [0.4, 0.5) is 5.82 Å². The quantitative estimate of drug-likeness (QED) is 0.851. The maximum atomic E-state index is 11.8. The number of fused-ring (bicyclic) bond motifs is 1. The zero-order valence-electron chi connectivity index (χ0n) is 12.8. The fourth-order valence-electron chi connectivity index (χ4n) is 2.16. The van der Waals surface area contributed by atoms with Gasteiger partial charge in [-0.2, -0.15) is 11.8 Å². The molecule has 2 heterocycles. The minimum atomic E-state index is -0.323. The molecule has 0 aliphatic rings. The molecule has 1 unspecified atom stereocenters. The van der Waals surface area contributed by atoms with Gasteiger partial charge in [-0.1, -0.05) is 0 Å². The first-order chi connectivity index (χ1) is 9.97. The molecule has 2 rings (SSSR count). The average Bonchev–Trinajstić information content (AvgIpc) is 2.75. The van der Waals surface area contributed by atoms with Gasteiger partial charge in [0.05, 0.1) is 12.5 Å². The van der Waals surface area contributed by atoms with Crippen LogP contribution in [0.5, 0.6) is 0 Å². The van der Waals surface area contributed by atoms with Crippen LogP contribution in [0.15, 0.2) is 0 Å². The van der Waals surface area contributed by atoms with Crippen LogP contribution >= 0.6 is 23.1 Å². The summed E-state index contributed by atoms with van der Waals surface area (Å²) in [5, 5.41) is 4.34. The summed E-state index contributed by atoms with van der Waals surface area (Å²) in [7, 11) is 1.39. The number of hydrogen-bond acceptors (Lipinski definition) is 7. The van der Waals surface area contributed by atoms with Gasteiger partial charge in [-0.05, 0) is 32.6 Å². The lowest BCUT2D eigenvalue weighted by molar-refractivity contribution is 0.0605. The lowest BCUT2D eigenvalue weighted by atomic mass is 10.2. The highest BCUT2D eigenvalue weighted by molar-refractivity contribution is 7.98. The Morgan fingerprint density at radius 1 is 1.43 bits per heavy atom. The Morgan fingerprint density at radius 2 is 2.14 bits per heavy atom. The molecule has 0 radical (unpaired) electrons. The number of nitrogens with zero attached hydrogens (tertiary/aromatic N) is 2. The summed E-state index contributed by atoms with van der Waals surface area (Å²) in [6.07, 6.45) is 2.07. The summed E-state index contributed by atoms with van der Waals surface area (Å²) >= 11 is 3.13. The van der Waals surface area contributed by atoms with E-state index in [1.807, 2.05) is 13.8 Å². The van der Waals surface area contributed by atoms with Crippen LogP contribution in [-0.2, 0) is 4.74 Å². The van der Waals surface area contributed by atoms with Crippen LogP contribution in [0, 0.1) is 13.8 Å². The van der Waals surface area contributed by atoms with Crippen molar-refractivity contribution in [1.82, 2.24) is 9.97 Å². The number of hydrogen-bond donors (Lipinski definition) is 1. The van der Waals surface area contributed by atoms with Gasteiger partial charge >= 0.3 is 5.97 Å². The summed E-state index contributed by atoms with van der Waals surface area (Å²) in [4.78, 5) is 22.2. The fraction of sp³-hybridized carbons (Fsp3) is 0.500. The van der Waals surface area contributed by atoms with Crippen molar-refractivity contribution >= 4 is 45.1 Å². The lowest BCUT2D eigenvalue weighted by Gasteiger charge is -2.14. The van der Waals surface area contributed by atoms with E-state index in [2.05, 4.69) is 28.5 Å². The van der Waals surface area contributed by atoms with Crippen LogP contribution in [0.2, 0.25) is 0 Å². The molecule has 5 nitrogen and oxygen atoms in total. The maximum Gasteiger partial charge on any atom is 0.348 e. The van der Waals surface area contributed by atoms with Crippen LogP contribution in [-0.4, -0.2) is 41.1 Å². The average molecular weight is 325 g/mol. The van der Waals surface area contributed by atoms with Gasteiger partial charge in [-0.25, -0.2) is 14.8 Å². The first-order valence-electron chi connectivity index (χ1n) is 6.59. The molecule has 2 aromatic heterocycles. The van der Waals surface area contributed by atoms with Gasteiger partial charge in [0.15, 0.2) is 0 Å². The minimum Gasteiger partial charge on any atom is -0.465 e. The predicted octanol–water partition coefficient (Wildman–Crippen LogP) is 3.26. The summed E-state index contributed by atoms with van der Waals surface area (Å²) in [6.45, 7) is 5.88. The Kier molecular flexibility index (Phi) is 5.05. The van der Waals surface area contributed by atoms with Crippen LogP contribution in [0.3, 0.4) is 0 Å². The second-order valence-corrected chi connectivity index (χ2v) is 6.76. The number of thioether (sulfide) groups is 1. The molecule has 0 saturated carbocycles. The number of methoxy groups -OCH3 is 1. The highest BCUT2D eigenvalue weighted by Crippen LogP contribution is 2.34. The molecule has 7 heteroatoms. The summed E-state index contributed by atoms with van der Waals surface area (Å²) < 4.78 is 4.84. The molecule has 0 amide bonds. The number of esters is 1. The molecule has 1 atom stereocenters. The first-order valence-corrected chi connectivity index (χ1v) is 8.80. The van der Waals surface area contributed by atoms with E-state index < -0.39 is 0 Å². The maximum absolute atomic E-state index is 11.8. The van der Waals surface area contributed by atoms with Crippen molar-refractivity contribution in [3.63, 3.8) is 0 Å². The number of ether oxygens (including phenoxy) is 1. The van der Waals surface area contributed by atoms with Crippen molar-refractivity contribution in [3.8, 4) is 0 Å². The van der Waals surface area contributed by atoms with Crippen molar-refractivity contribution < 1.29 is 9.53 Å². The van der Waals surface area contributed by atoms with Gasteiger partial charge in [0, 0.05) is 11.8 Å². The normalized spacial score (nSPS) is 12.4. The van der Waals surface area contributed by atoms with Crippen molar-refractivity contribution in [1.29, 1.82) is 0 Å². The second-order valence-electron chi connectivity index (χ2n) is 4.85. The highest BCUT2D eigenvalue weighted by Gasteiger charge is 2.21. The number of anilines is 1. The van der Waals surface area contributed by atoms with Gasteiger partial charge in [-0.3, -0.25) is 0 Å². The third-order valence-corrected chi connectivity index (χ3v) is 5.07. The molecular formula is C14H19N3O2S2. The summed E-state index contributed by atoms with van der Waals surface area (Å²) in [5.41, 5.74) is 0.876. The SMILES string of the molecule is COC(=O)c1sc2nc(C)nc(NC(C)CSC)c2c1C. The Balaban J connectivity index is 2.54. The Bertz CT molecular complexity index is 670. The minimum absolute atomic E-state index is 0.290. The zero-order chi connectivity index (χ0) is 15.6. The van der Waals surface area contributed by atoms with E-state index in [1.165, 1.54) is 18.4 Å². The van der Waals surface area contributed by atoms with Gasteiger partial charge in [0.1, 0.15) is 21.3 Å². The Labute approximate surface area is 132 Å². The number of aromatic nitrogens is 2. The molecule has 2 aromatic rings. The van der Waals surface area contributed by atoms with E-state index in [0.717, 1.165) is 27.4 Å². The molecule has 0 aliphatic heterocycles. The van der Waals surface area contributed by atoms with Crippen LogP contribution in [0.1, 0.15) is 28.0 Å². The number of thiophene rings is 1. The van der Waals surface area contributed by atoms with Gasteiger partial charge < -0.3 is 10.1 Å². The number of rotatable bonds is 5. The fourth-order valence-corrected chi connectivity index (χ4v) is 3.89. The van der Waals surface area contributed by atoms with E-state index in [-0.39, 0.29) is 5.97 Å². The number of aryl methyl sites for hydroxylation is 2. The highest BCUT2D eigenvalue weighted by atomic mass is 32.2. The van der Waals surface area contributed by atoms with Gasteiger partial charge in [-0.15, -0.1) is 11.3 Å². The summed E-state index contributed by atoms with van der Waals surface area (Å²) in [6, 6.07) is 0.290. The van der Waals surface area contributed by atoms with Crippen molar-refractivity contribution in [2.75, 3.05) is 24.4 Å². The third-order valence-electron chi connectivity index (χ3n) is 3.07. The molecule has 0 spiro atoms. The Morgan fingerprint density at radius 3 is 2.76 bits per heavy atom. The van der Waals surface area contributed by atoms with Gasteiger partial charge in [0.2, 0.25) is 0 Å². The number of carbonyl (C=O) groups is 1. The smallest absolute Gasteiger partial charge is 0.348 e. The van der Waals surface area contributed by atoms with E-state index >= 15 is 0 Å². The molecule has 114 valence electrons. The number of carbonyl (C=O) groups excluding carboxylic acids is 1. The number of nitrogens with one attached hydrogen (secondary N) is 1. The molecule has 21 heavy (non-hydrogen) atoms. The predicted molar refractivity (Wildman–Crippen MR) is 89.7 cm³/mol. The van der Waals surface area contributed by atoms with E-state index in [1.54, 1.807) is 11.8 Å². The van der Waals surface area contributed by atoms with E-state index in [9.17, 15) is 4.79 Å². The molecule has 0 bridgehead atoms. The first kappa shape index (κ1) is 16.0. The molecular weight excluding hydrogens is 306 g/mol. The monoisotopic (exact) mass is 325 g/mol. The molecule has 1 N–H and O–H groups in total. The largest absolute Gasteiger partial charge is 0.465 e. The second kappa shape index (κ2) is 6.62. The topological polar surface area (TPSA) is 64.1 Å². The molecule has 0 saturated heterocycles. The molecule has 0 aliphatic carbocycles. The standard InChI is InChI=1S/C14H19N3O2S2/c1-7(6-20-5)15-12-10-8(2)11(14(18)19-4)21-13(10)17-9(3)16-12/h7H,6H2,1-5H3,(H,15,16,17). The van der Waals surface area contributed by atoms with E-state index in [4.69, 9.17) is 4.74 Å². The molecule has 0 aromatic carbocycles. The lowest BCUT2D eigenvalue weighted by Crippen LogP contribution is -2.19. The van der Waals surface area contributed by atoms with E-state index in [0.29, 0.717) is 16.7 Å². The van der Waals surface area contributed by atoms with Crippen LogP contribution in [0.25, 0.3) is 10.2 Å². The third kappa shape index (κ3) is 3.29. The summed E-state index contributed by atoms with van der Waals surface area (Å²) in [5.74, 6) is 2.15. The van der Waals surface area contributed by atoms with Crippen molar-refractivity contribution in [3.05, 3.63) is 16.3 Å². The van der Waals surface area contributed by atoms with Gasteiger partial charge in [0.25, 0.3) is 0 Å². The Hall–Kier alpha value is -1.34.